The highest BCUT2D eigenvalue weighted by Crippen LogP contribution is 2.37. The van der Waals surface area contributed by atoms with Crippen molar-refractivity contribution in [2.75, 3.05) is 32.6 Å². The number of furan rings is 1. The zero-order chi connectivity index (χ0) is 22.0. The number of nitrogens with zero attached hydrogens (tertiary/aromatic N) is 3. The lowest BCUT2D eigenvalue weighted by atomic mass is 10.1. The van der Waals surface area contributed by atoms with Crippen LogP contribution in [0.5, 0.6) is 11.5 Å². The lowest BCUT2D eigenvalue weighted by molar-refractivity contribution is 0.0787. The van der Waals surface area contributed by atoms with E-state index in [-0.39, 0.29) is 17.7 Å². The quantitative estimate of drug-likeness (QED) is 0.653. The predicted octanol–water partition coefficient (Wildman–Crippen LogP) is 3.14. The number of aromatic nitrogens is 2. The molecule has 1 saturated heterocycles. The van der Waals surface area contributed by atoms with Gasteiger partial charge in [-0.2, -0.15) is 0 Å². The Bertz CT molecular complexity index is 1090. The van der Waals surface area contributed by atoms with Crippen LogP contribution in [0.25, 0.3) is 0 Å². The number of ether oxygens (including phenoxy) is 2. The van der Waals surface area contributed by atoms with Crippen molar-refractivity contribution in [1.29, 1.82) is 0 Å². The number of likely N-dealkylation sites (tertiary alicyclic amines) is 1. The number of methoxy groups -OCH3 is 2. The monoisotopic (exact) mass is 424 g/mol. The van der Waals surface area contributed by atoms with Gasteiger partial charge in [0.1, 0.15) is 5.76 Å². The zero-order valence-corrected chi connectivity index (χ0v) is 17.6. The van der Waals surface area contributed by atoms with Crippen molar-refractivity contribution in [3.05, 3.63) is 60.1 Å². The third-order valence-electron chi connectivity index (χ3n) is 5.34. The van der Waals surface area contributed by atoms with Crippen LogP contribution in [0.2, 0.25) is 0 Å². The first kappa shape index (κ1) is 20.5. The van der Waals surface area contributed by atoms with Gasteiger partial charge in [0.15, 0.2) is 17.3 Å². The molecule has 1 N–H and O–H groups in total. The molecule has 9 nitrogen and oxygen atoms in total. The molecular weight excluding hydrogens is 400 g/mol. The molecule has 0 bridgehead atoms. The fourth-order valence-corrected chi connectivity index (χ4v) is 3.76. The molecule has 2 amide bonds. The van der Waals surface area contributed by atoms with E-state index in [0.29, 0.717) is 41.6 Å². The molecule has 1 fully saturated rings. The molecular formula is C22H24N4O5. The molecule has 0 spiro atoms. The zero-order valence-electron chi connectivity index (χ0n) is 17.6. The largest absolute Gasteiger partial charge is 0.493 e. The summed E-state index contributed by atoms with van der Waals surface area (Å²) in [4.78, 5) is 31.7. The number of hydrogen-bond donors (Lipinski definition) is 1. The minimum atomic E-state index is -0.445. The fraction of sp³-hybridized carbons (Fsp3) is 0.318. The smallest absolute Gasteiger partial charge is 0.291 e. The van der Waals surface area contributed by atoms with Crippen molar-refractivity contribution in [3.63, 3.8) is 0 Å². The molecule has 2 aromatic heterocycles. The second kappa shape index (κ2) is 8.55. The van der Waals surface area contributed by atoms with Crippen molar-refractivity contribution < 1.29 is 23.5 Å². The van der Waals surface area contributed by atoms with E-state index in [9.17, 15) is 9.59 Å². The Morgan fingerprint density at radius 2 is 2.06 bits per heavy atom. The van der Waals surface area contributed by atoms with E-state index in [1.807, 2.05) is 10.8 Å². The Kier molecular flexibility index (Phi) is 5.66. The van der Waals surface area contributed by atoms with E-state index in [2.05, 4.69) is 10.3 Å². The average molecular weight is 424 g/mol. The fourth-order valence-electron chi connectivity index (χ4n) is 3.76. The van der Waals surface area contributed by atoms with Crippen molar-refractivity contribution in [1.82, 2.24) is 14.5 Å². The number of aryl methyl sites for hydroxylation is 1. The van der Waals surface area contributed by atoms with Crippen LogP contribution in [0.1, 0.15) is 39.1 Å². The molecule has 1 aliphatic heterocycles. The van der Waals surface area contributed by atoms with Gasteiger partial charge in [-0.05, 0) is 37.6 Å². The van der Waals surface area contributed by atoms with Gasteiger partial charge in [-0.3, -0.25) is 9.59 Å². The van der Waals surface area contributed by atoms with E-state index in [1.54, 1.807) is 48.6 Å². The Morgan fingerprint density at radius 1 is 1.23 bits per heavy atom. The molecule has 4 rings (SSSR count). The highest BCUT2D eigenvalue weighted by molar-refractivity contribution is 6.05. The lowest BCUT2D eigenvalue weighted by Crippen LogP contribution is -2.29. The van der Waals surface area contributed by atoms with Crippen LogP contribution >= 0.6 is 0 Å². The number of carbonyl (C=O) groups excluding carboxylic acids is 2. The number of hydrogen-bond acceptors (Lipinski definition) is 6. The van der Waals surface area contributed by atoms with Gasteiger partial charge in [-0.1, -0.05) is 0 Å². The molecule has 1 aromatic carbocycles. The summed E-state index contributed by atoms with van der Waals surface area (Å²) in [6, 6.07) is 6.70. The van der Waals surface area contributed by atoms with Crippen LogP contribution < -0.4 is 14.8 Å². The number of benzene rings is 1. The summed E-state index contributed by atoms with van der Waals surface area (Å²) < 4.78 is 18.2. The summed E-state index contributed by atoms with van der Waals surface area (Å²) in [5, 5.41) is 2.76. The average Bonchev–Trinajstić information content (AvgIpc) is 3.53. The van der Waals surface area contributed by atoms with E-state index in [0.717, 1.165) is 6.42 Å². The molecule has 3 aromatic rings. The molecule has 31 heavy (non-hydrogen) atoms. The normalized spacial score (nSPS) is 15.7. The highest BCUT2D eigenvalue weighted by atomic mass is 16.5. The van der Waals surface area contributed by atoms with Crippen LogP contribution in [-0.4, -0.2) is 53.6 Å². The van der Waals surface area contributed by atoms with Crippen molar-refractivity contribution in [3.8, 4) is 11.5 Å². The molecule has 3 heterocycles. The van der Waals surface area contributed by atoms with Crippen LogP contribution in [0.3, 0.4) is 0 Å². The molecule has 0 saturated carbocycles. The van der Waals surface area contributed by atoms with E-state index < -0.39 is 5.91 Å². The molecule has 9 heteroatoms. The van der Waals surface area contributed by atoms with E-state index in [1.165, 1.54) is 14.2 Å². The second-order valence-electron chi connectivity index (χ2n) is 7.33. The first-order valence-electron chi connectivity index (χ1n) is 9.90. The number of nitrogens with one attached hydrogen (secondary N) is 1. The summed E-state index contributed by atoms with van der Waals surface area (Å²) in [5.74, 6) is 0.878. The lowest BCUT2D eigenvalue weighted by Gasteiger charge is -2.20. The molecule has 0 radical (unpaired) electrons. The molecule has 162 valence electrons. The molecule has 1 atom stereocenters. The van der Waals surface area contributed by atoms with Crippen LogP contribution in [0.15, 0.2) is 47.4 Å². The molecule has 1 unspecified atom stereocenters. The summed E-state index contributed by atoms with van der Waals surface area (Å²) in [7, 11) is 2.96. The van der Waals surface area contributed by atoms with Gasteiger partial charge >= 0.3 is 0 Å². The maximum Gasteiger partial charge on any atom is 0.291 e. The summed E-state index contributed by atoms with van der Waals surface area (Å²) in [6.07, 6.45) is 6.24. The Balaban J connectivity index is 1.59. The first-order valence-corrected chi connectivity index (χ1v) is 9.90. The minimum Gasteiger partial charge on any atom is -0.493 e. The summed E-state index contributed by atoms with van der Waals surface area (Å²) in [5.41, 5.74) is 0.726. The van der Waals surface area contributed by atoms with Gasteiger partial charge in [-0.15, -0.1) is 0 Å². The Labute approximate surface area is 179 Å². The number of amides is 2. The summed E-state index contributed by atoms with van der Waals surface area (Å²) in [6.45, 7) is 2.97. The predicted molar refractivity (Wildman–Crippen MR) is 113 cm³/mol. The Hall–Kier alpha value is -3.75. The van der Waals surface area contributed by atoms with Gasteiger partial charge in [0, 0.05) is 31.0 Å². The highest BCUT2D eigenvalue weighted by Gasteiger charge is 2.29. The number of carbonyl (C=O) groups is 2. The molecule has 1 aliphatic rings. The molecule has 0 aliphatic carbocycles. The Morgan fingerprint density at radius 3 is 2.71 bits per heavy atom. The maximum absolute atomic E-state index is 13.2. The van der Waals surface area contributed by atoms with Crippen molar-refractivity contribution >= 4 is 17.5 Å². The summed E-state index contributed by atoms with van der Waals surface area (Å²) >= 11 is 0. The third kappa shape index (κ3) is 4.11. The topological polar surface area (TPSA) is 98.8 Å². The van der Waals surface area contributed by atoms with E-state index in [4.69, 9.17) is 13.9 Å². The second-order valence-corrected chi connectivity index (χ2v) is 7.33. The number of anilines is 1. The SMILES string of the molecule is COc1cc(C(=O)N2CCC(n3ccnc3)C2)cc(NC(=O)c2ccc(C)o2)c1OC. The van der Waals surface area contributed by atoms with Crippen molar-refractivity contribution in [2.24, 2.45) is 0 Å². The third-order valence-corrected chi connectivity index (χ3v) is 5.34. The van der Waals surface area contributed by atoms with Crippen LogP contribution in [0.4, 0.5) is 5.69 Å². The van der Waals surface area contributed by atoms with Gasteiger partial charge in [0.2, 0.25) is 0 Å². The van der Waals surface area contributed by atoms with Gasteiger partial charge in [0.25, 0.3) is 11.8 Å². The van der Waals surface area contributed by atoms with Crippen LogP contribution in [-0.2, 0) is 0 Å². The number of imidazole rings is 1. The van der Waals surface area contributed by atoms with Gasteiger partial charge in [0.05, 0.1) is 32.3 Å². The van der Waals surface area contributed by atoms with Crippen molar-refractivity contribution in [2.45, 2.75) is 19.4 Å². The van der Waals surface area contributed by atoms with Gasteiger partial charge < -0.3 is 28.7 Å². The minimum absolute atomic E-state index is 0.145. The first-order chi connectivity index (χ1) is 15.0. The van der Waals surface area contributed by atoms with E-state index >= 15 is 0 Å². The van der Waals surface area contributed by atoms with Crippen LogP contribution in [0, 0.1) is 6.92 Å². The standard InChI is InChI=1S/C22H24N4O5/c1-14-4-5-18(31-14)21(27)24-17-10-15(11-19(29-2)20(17)30-3)22(28)25-8-6-16(12-25)26-9-7-23-13-26/h4-5,7,9-11,13,16H,6,8,12H2,1-3H3,(H,24,27). The van der Waals surface area contributed by atoms with Gasteiger partial charge in [-0.25, -0.2) is 4.98 Å². The maximum atomic E-state index is 13.2. The number of rotatable bonds is 6.